The fraction of sp³-hybridized carbons (Fsp3) is 0.235. The van der Waals surface area contributed by atoms with Crippen LogP contribution in [-0.4, -0.2) is 13.4 Å². The molecular weight excluding hydrogens is 331 g/mol. The predicted octanol–water partition coefficient (Wildman–Crippen LogP) is 4.68. The van der Waals surface area contributed by atoms with E-state index in [-0.39, 0.29) is 5.82 Å². The van der Waals surface area contributed by atoms with Gasteiger partial charge in [-0.2, -0.15) is 0 Å². The molecule has 0 spiro atoms. The first-order valence-electron chi connectivity index (χ1n) is 6.75. The van der Waals surface area contributed by atoms with E-state index in [0.717, 1.165) is 22.4 Å². The Morgan fingerprint density at radius 2 is 1.95 bits per heavy atom. The third-order valence-electron chi connectivity index (χ3n) is 3.40. The number of benzene rings is 2. The van der Waals surface area contributed by atoms with Gasteiger partial charge in [-0.15, -0.1) is 0 Å². The van der Waals surface area contributed by atoms with Crippen LogP contribution in [0, 0.1) is 19.7 Å². The minimum absolute atomic E-state index is 0.188. The van der Waals surface area contributed by atoms with Crippen molar-refractivity contribution in [1.29, 1.82) is 0 Å². The molecule has 0 atom stereocenters. The molecule has 1 N–H and O–H groups in total. The van der Waals surface area contributed by atoms with Crippen LogP contribution in [0.3, 0.4) is 0 Å². The lowest BCUT2D eigenvalue weighted by Gasteiger charge is -2.11. The van der Waals surface area contributed by atoms with Crippen molar-refractivity contribution >= 4 is 28.0 Å². The summed E-state index contributed by atoms with van der Waals surface area (Å²) < 4.78 is 14.6. The lowest BCUT2D eigenvalue weighted by Crippen LogP contribution is -2.00. The SMILES string of the molecule is CNC=Nc1cc(C)c(Cc2cccc(Br)c2F)cc1C. The number of aryl methyl sites for hydroxylation is 2. The van der Waals surface area contributed by atoms with E-state index < -0.39 is 0 Å². The van der Waals surface area contributed by atoms with Crippen LogP contribution in [-0.2, 0) is 6.42 Å². The van der Waals surface area contributed by atoms with Gasteiger partial charge < -0.3 is 5.32 Å². The second kappa shape index (κ2) is 6.85. The normalized spacial score (nSPS) is 11.1. The summed E-state index contributed by atoms with van der Waals surface area (Å²) in [7, 11) is 1.82. The van der Waals surface area contributed by atoms with E-state index in [2.05, 4.69) is 32.3 Å². The highest BCUT2D eigenvalue weighted by atomic mass is 79.9. The Balaban J connectivity index is 2.35. The lowest BCUT2D eigenvalue weighted by molar-refractivity contribution is 0.607. The molecule has 0 radical (unpaired) electrons. The Morgan fingerprint density at radius 3 is 2.67 bits per heavy atom. The lowest BCUT2D eigenvalue weighted by atomic mass is 9.97. The number of aliphatic imine (C=N–C) groups is 1. The molecule has 0 amide bonds. The van der Waals surface area contributed by atoms with Gasteiger partial charge in [0.15, 0.2) is 0 Å². The number of hydrogen-bond donors (Lipinski definition) is 1. The summed E-state index contributed by atoms with van der Waals surface area (Å²) in [5, 5.41) is 2.88. The molecule has 0 saturated carbocycles. The third-order valence-corrected chi connectivity index (χ3v) is 4.01. The van der Waals surface area contributed by atoms with Crippen molar-refractivity contribution in [3.8, 4) is 0 Å². The van der Waals surface area contributed by atoms with Crippen molar-refractivity contribution < 1.29 is 4.39 Å². The fourth-order valence-corrected chi connectivity index (χ4v) is 2.62. The van der Waals surface area contributed by atoms with Gasteiger partial charge in [-0.1, -0.05) is 18.2 Å². The molecule has 0 aliphatic rings. The fourth-order valence-electron chi connectivity index (χ4n) is 2.21. The van der Waals surface area contributed by atoms with Gasteiger partial charge in [0.25, 0.3) is 0 Å². The zero-order chi connectivity index (χ0) is 15.4. The van der Waals surface area contributed by atoms with Gasteiger partial charge in [-0.3, -0.25) is 0 Å². The molecule has 0 saturated heterocycles. The first-order chi connectivity index (χ1) is 10.0. The number of nitrogens with one attached hydrogen (secondary N) is 1. The van der Waals surface area contributed by atoms with E-state index in [9.17, 15) is 4.39 Å². The molecule has 110 valence electrons. The minimum atomic E-state index is -0.188. The predicted molar refractivity (Wildman–Crippen MR) is 90.0 cm³/mol. The molecule has 2 nitrogen and oxygen atoms in total. The molecular formula is C17H18BrFN2. The van der Waals surface area contributed by atoms with Crippen molar-refractivity contribution in [2.24, 2.45) is 4.99 Å². The van der Waals surface area contributed by atoms with Crippen LogP contribution in [0.2, 0.25) is 0 Å². The number of rotatable bonds is 4. The highest BCUT2D eigenvalue weighted by Crippen LogP contribution is 2.27. The molecule has 0 aromatic heterocycles. The third kappa shape index (κ3) is 3.70. The Bertz CT molecular complexity index is 681. The molecule has 2 rings (SSSR count). The van der Waals surface area contributed by atoms with Crippen LogP contribution in [0.4, 0.5) is 10.1 Å². The number of halogens is 2. The number of hydrogen-bond acceptors (Lipinski definition) is 1. The highest BCUT2D eigenvalue weighted by molar-refractivity contribution is 9.10. The van der Waals surface area contributed by atoms with E-state index in [1.807, 2.05) is 39.1 Å². The summed E-state index contributed by atoms with van der Waals surface area (Å²) in [5.41, 5.74) is 4.94. The average molecular weight is 349 g/mol. The zero-order valence-electron chi connectivity index (χ0n) is 12.4. The molecule has 0 aliphatic heterocycles. The van der Waals surface area contributed by atoms with E-state index in [1.165, 1.54) is 0 Å². The van der Waals surface area contributed by atoms with Gasteiger partial charge in [-0.25, -0.2) is 9.38 Å². The van der Waals surface area contributed by atoms with Crippen molar-refractivity contribution in [1.82, 2.24) is 5.32 Å². The molecule has 2 aromatic rings. The monoisotopic (exact) mass is 348 g/mol. The Hall–Kier alpha value is -1.68. The van der Waals surface area contributed by atoms with Crippen LogP contribution in [0.1, 0.15) is 22.3 Å². The van der Waals surface area contributed by atoms with Crippen LogP contribution >= 0.6 is 15.9 Å². The Kier molecular flexibility index (Phi) is 5.12. The molecule has 2 aromatic carbocycles. The van der Waals surface area contributed by atoms with Crippen molar-refractivity contribution in [3.63, 3.8) is 0 Å². The molecule has 0 heterocycles. The van der Waals surface area contributed by atoms with Crippen LogP contribution in [0.25, 0.3) is 0 Å². The van der Waals surface area contributed by atoms with Crippen LogP contribution in [0.5, 0.6) is 0 Å². The zero-order valence-corrected chi connectivity index (χ0v) is 14.0. The quantitative estimate of drug-likeness (QED) is 0.629. The molecule has 21 heavy (non-hydrogen) atoms. The van der Waals surface area contributed by atoms with E-state index in [0.29, 0.717) is 16.5 Å². The second-order valence-electron chi connectivity index (χ2n) is 5.00. The van der Waals surface area contributed by atoms with Gasteiger partial charge in [0.1, 0.15) is 5.82 Å². The summed E-state index contributed by atoms with van der Waals surface area (Å²) in [6, 6.07) is 9.51. The standard InChI is InChI=1S/C17H18BrFN2/c1-11-8-16(21-10-20-3)12(2)7-14(11)9-13-5-4-6-15(18)17(13)19/h4-8,10H,9H2,1-3H3,(H,20,21). The van der Waals surface area contributed by atoms with Crippen molar-refractivity contribution in [2.45, 2.75) is 20.3 Å². The first-order valence-corrected chi connectivity index (χ1v) is 7.55. The molecule has 0 bridgehead atoms. The average Bonchev–Trinajstić information content (AvgIpc) is 2.46. The first kappa shape index (κ1) is 15.7. The van der Waals surface area contributed by atoms with E-state index in [1.54, 1.807) is 12.4 Å². The van der Waals surface area contributed by atoms with Gasteiger partial charge in [0.05, 0.1) is 16.5 Å². The van der Waals surface area contributed by atoms with Gasteiger partial charge in [0.2, 0.25) is 0 Å². The smallest absolute Gasteiger partial charge is 0.140 e. The van der Waals surface area contributed by atoms with Crippen LogP contribution < -0.4 is 5.32 Å². The largest absolute Gasteiger partial charge is 0.379 e. The topological polar surface area (TPSA) is 24.4 Å². The number of nitrogens with zero attached hydrogens (tertiary/aromatic N) is 1. The minimum Gasteiger partial charge on any atom is -0.379 e. The molecule has 4 heteroatoms. The van der Waals surface area contributed by atoms with Gasteiger partial charge in [-0.05, 0) is 64.2 Å². The van der Waals surface area contributed by atoms with E-state index >= 15 is 0 Å². The maximum absolute atomic E-state index is 14.1. The summed E-state index contributed by atoms with van der Waals surface area (Å²) in [6.07, 6.45) is 2.24. The summed E-state index contributed by atoms with van der Waals surface area (Å²) in [4.78, 5) is 4.35. The Labute approximate surface area is 133 Å². The molecule has 0 unspecified atom stereocenters. The maximum Gasteiger partial charge on any atom is 0.140 e. The van der Waals surface area contributed by atoms with Gasteiger partial charge in [0, 0.05) is 13.5 Å². The Morgan fingerprint density at radius 1 is 1.19 bits per heavy atom. The highest BCUT2D eigenvalue weighted by Gasteiger charge is 2.10. The maximum atomic E-state index is 14.1. The molecule has 0 fully saturated rings. The van der Waals surface area contributed by atoms with Crippen molar-refractivity contribution in [2.75, 3.05) is 7.05 Å². The second-order valence-corrected chi connectivity index (χ2v) is 5.86. The van der Waals surface area contributed by atoms with Gasteiger partial charge >= 0.3 is 0 Å². The summed E-state index contributed by atoms with van der Waals surface area (Å²) in [5.74, 6) is -0.188. The summed E-state index contributed by atoms with van der Waals surface area (Å²) in [6.45, 7) is 4.05. The van der Waals surface area contributed by atoms with Crippen molar-refractivity contribution in [3.05, 3.63) is 62.9 Å². The van der Waals surface area contributed by atoms with Crippen LogP contribution in [0.15, 0.2) is 39.8 Å². The molecule has 0 aliphatic carbocycles. The summed E-state index contributed by atoms with van der Waals surface area (Å²) >= 11 is 3.23. The van der Waals surface area contributed by atoms with E-state index in [4.69, 9.17) is 0 Å².